The number of amides is 1. The highest BCUT2D eigenvalue weighted by atomic mass is 16.5. The fraction of sp³-hybridized carbons (Fsp3) is 0.222. The molecule has 0 unspecified atom stereocenters. The van der Waals surface area contributed by atoms with Gasteiger partial charge in [-0.05, 0) is 24.3 Å². The van der Waals surface area contributed by atoms with Crippen molar-refractivity contribution in [1.82, 2.24) is 10.1 Å². The van der Waals surface area contributed by atoms with Gasteiger partial charge < -0.3 is 14.2 Å². The second kappa shape index (κ2) is 6.96. The smallest absolute Gasteiger partial charge is 0.228 e. The zero-order valence-electron chi connectivity index (χ0n) is 12.9. The number of ether oxygens (including phenoxy) is 1. The molecule has 0 spiro atoms. The Labute approximate surface area is 134 Å². The molecule has 1 heterocycles. The van der Waals surface area contributed by atoms with Crippen LogP contribution in [-0.4, -0.2) is 36.2 Å². The number of fused-ring (bicyclic) bond motifs is 1. The van der Waals surface area contributed by atoms with Gasteiger partial charge >= 0.3 is 0 Å². The van der Waals surface area contributed by atoms with Crippen LogP contribution in [0, 0.1) is 0 Å². The molecule has 23 heavy (non-hydrogen) atoms. The standard InChI is InChI=1S/C18H18N2O3/c1-20(11-12-22-14-7-3-2-4-8-14)18(21)13-16-15-9-5-6-10-17(15)23-19-16/h2-10H,11-13H2,1H3. The Hall–Kier alpha value is -2.82. The maximum atomic E-state index is 12.3. The number of likely N-dealkylation sites (N-methyl/N-ethyl adjacent to an activating group) is 1. The molecule has 0 bridgehead atoms. The molecule has 0 N–H and O–H groups in total. The van der Waals surface area contributed by atoms with Gasteiger partial charge in [0.15, 0.2) is 5.58 Å². The van der Waals surface area contributed by atoms with Gasteiger partial charge in [0, 0.05) is 12.4 Å². The summed E-state index contributed by atoms with van der Waals surface area (Å²) in [6, 6.07) is 17.1. The molecule has 0 atom stereocenters. The molecule has 2 aromatic carbocycles. The summed E-state index contributed by atoms with van der Waals surface area (Å²) >= 11 is 0. The fourth-order valence-electron chi connectivity index (χ4n) is 2.29. The molecular weight excluding hydrogens is 292 g/mol. The van der Waals surface area contributed by atoms with E-state index in [9.17, 15) is 4.79 Å². The SMILES string of the molecule is CN(CCOc1ccccc1)C(=O)Cc1noc2ccccc12. The normalized spacial score (nSPS) is 10.7. The van der Waals surface area contributed by atoms with E-state index in [2.05, 4.69) is 5.16 Å². The predicted octanol–water partition coefficient (Wildman–Crippen LogP) is 2.91. The Morgan fingerprint density at radius 2 is 1.87 bits per heavy atom. The molecule has 3 aromatic rings. The zero-order chi connectivity index (χ0) is 16.1. The summed E-state index contributed by atoms with van der Waals surface area (Å²) < 4.78 is 10.8. The molecule has 0 aliphatic heterocycles. The van der Waals surface area contributed by atoms with Gasteiger partial charge in [0.25, 0.3) is 0 Å². The van der Waals surface area contributed by atoms with E-state index in [0.717, 1.165) is 11.1 Å². The highest BCUT2D eigenvalue weighted by Gasteiger charge is 2.15. The van der Waals surface area contributed by atoms with Crippen molar-refractivity contribution in [1.29, 1.82) is 0 Å². The number of para-hydroxylation sites is 2. The molecule has 5 heteroatoms. The van der Waals surface area contributed by atoms with Crippen LogP contribution in [0.1, 0.15) is 5.69 Å². The third-order valence-corrected chi connectivity index (χ3v) is 3.64. The van der Waals surface area contributed by atoms with Crippen molar-refractivity contribution in [2.24, 2.45) is 0 Å². The zero-order valence-corrected chi connectivity index (χ0v) is 12.9. The quantitative estimate of drug-likeness (QED) is 0.702. The minimum absolute atomic E-state index is 0.0132. The average molecular weight is 310 g/mol. The lowest BCUT2D eigenvalue weighted by molar-refractivity contribution is -0.129. The van der Waals surface area contributed by atoms with E-state index in [1.54, 1.807) is 11.9 Å². The van der Waals surface area contributed by atoms with E-state index in [0.29, 0.717) is 24.4 Å². The minimum Gasteiger partial charge on any atom is -0.492 e. The molecule has 0 fully saturated rings. The topological polar surface area (TPSA) is 55.6 Å². The van der Waals surface area contributed by atoms with Gasteiger partial charge in [-0.2, -0.15) is 0 Å². The summed E-state index contributed by atoms with van der Waals surface area (Å²) in [6.07, 6.45) is 0.221. The fourth-order valence-corrected chi connectivity index (χ4v) is 2.29. The van der Waals surface area contributed by atoms with Gasteiger partial charge in [-0.25, -0.2) is 0 Å². The van der Waals surface area contributed by atoms with E-state index in [4.69, 9.17) is 9.26 Å². The Bertz CT molecular complexity index is 783. The van der Waals surface area contributed by atoms with Crippen LogP contribution in [0.5, 0.6) is 5.75 Å². The number of aromatic nitrogens is 1. The highest BCUT2D eigenvalue weighted by molar-refractivity contribution is 5.86. The minimum atomic E-state index is -0.0132. The summed E-state index contributed by atoms with van der Waals surface area (Å²) in [5, 5.41) is 4.88. The molecule has 0 aliphatic rings. The summed E-state index contributed by atoms with van der Waals surface area (Å²) in [5.41, 5.74) is 1.37. The molecule has 0 saturated heterocycles. The van der Waals surface area contributed by atoms with Crippen molar-refractivity contribution in [2.75, 3.05) is 20.2 Å². The van der Waals surface area contributed by atoms with Gasteiger partial charge in [-0.3, -0.25) is 4.79 Å². The van der Waals surface area contributed by atoms with Crippen molar-refractivity contribution >= 4 is 16.9 Å². The molecule has 0 radical (unpaired) electrons. The lowest BCUT2D eigenvalue weighted by Gasteiger charge is -2.17. The van der Waals surface area contributed by atoms with E-state index >= 15 is 0 Å². The van der Waals surface area contributed by atoms with Gasteiger partial charge in [0.2, 0.25) is 5.91 Å². The summed E-state index contributed by atoms with van der Waals surface area (Å²) in [5.74, 6) is 0.788. The van der Waals surface area contributed by atoms with Crippen LogP contribution in [0.3, 0.4) is 0 Å². The second-order valence-electron chi connectivity index (χ2n) is 5.28. The molecule has 0 aliphatic carbocycles. The third kappa shape index (κ3) is 3.69. The molecule has 1 aromatic heterocycles. The number of carbonyl (C=O) groups excluding carboxylic acids is 1. The van der Waals surface area contributed by atoms with Gasteiger partial charge in [-0.1, -0.05) is 35.5 Å². The van der Waals surface area contributed by atoms with Crippen molar-refractivity contribution in [3.05, 3.63) is 60.3 Å². The van der Waals surface area contributed by atoms with Crippen LogP contribution in [-0.2, 0) is 11.2 Å². The first-order valence-electron chi connectivity index (χ1n) is 7.49. The Balaban J connectivity index is 1.53. The Morgan fingerprint density at radius 1 is 1.13 bits per heavy atom. The average Bonchev–Trinajstić information content (AvgIpc) is 2.99. The third-order valence-electron chi connectivity index (χ3n) is 3.64. The summed E-state index contributed by atoms with van der Waals surface area (Å²) in [7, 11) is 1.76. The van der Waals surface area contributed by atoms with Gasteiger partial charge in [-0.15, -0.1) is 0 Å². The number of benzene rings is 2. The van der Waals surface area contributed by atoms with Crippen LogP contribution in [0.4, 0.5) is 0 Å². The highest BCUT2D eigenvalue weighted by Crippen LogP contribution is 2.18. The van der Waals surface area contributed by atoms with Crippen LogP contribution in [0.15, 0.2) is 59.1 Å². The summed E-state index contributed by atoms with van der Waals surface area (Å²) in [6.45, 7) is 0.968. The van der Waals surface area contributed by atoms with E-state index < -0.39 is 0 Å². The van der Waals surface area contributed by atoms with Crippen molar-refractivity contribution < 1.29 is 14.1 Å². The number of hydrogen-bond acceptors (Lipinski definition) is 4. The van der Waals surface area contributed by atoms with E-state index in [1.165, 1.54) is 0 Å². The number of hydrogen-bond donors (Lipinski definition) is 0. The Kier molecular flexibility index (Phi) is 4.57. The molecule has 118 valence electrons. The molecule has 3 rings (SSSR count). The maximum absolute atomic E-state index is 12.3. The first-order valence-corrected chi connectivity index (χ1v) is 7.49. The van der Waals surface area contributed by atoms with Crippen LogP contribution in [0.2, 0.25) is 0 Å². The monoisotopic (exact) mass is 310 g/mol. The Morgan fingerprint density at radius 3 is 2.70 bits per heavy atom. The first-order chi connectivity index (χ1) is 11.2. The number of rotatable bonds is 6. The second-order valence-corrected chi connectivity index (χ2v) is 5.28. The molecule has 5 nitrogen and oxygen atoms in total. The van der Waals surface area contributed by atoms with Gasteiger partial charge in [0.1, 0.15) is 18.1 Å². The van der Waals surface area contributed by atoms with E-state index in [-0.39, 0.29) is 12.3 Å². The number of carbonyl (C=O) groups is 1. The van der Waals surface area contributed by atoms with Crippen molar-refractivity contribution in [3.8, 4) is 5.75 Å². The molecular formula is C18H18N2O3. The van der Waals surface area contributed by atoms with Crippen LogP contribution in [0.25, 0.3) is 11.0 Å². The van der Waals surface area contributed by atoms with Gasteiger partial charge in [0.05, 0.1) is 13.0 Å². The van der Waals surface area contributed by atoms with Crippen LogP contribution < -0.4 is 4.74 Å². The van der Waals surface area contributed by atoms with Crippen molar-refractivity contribution in [2.45, 2.75) is 6.42 Å². The van der Waals surface area contributed by atoms with E-state index in [1.807, 2.05) is 54.6 Å². The van der Waals surface area contributed by atoms with Crippen LogP contribution >= 0.6 is 0 Å². The lowest BCUT2D eigenvalue weighted by atomic mass is 10.1. The lowest BCUT2D eigenvalue weighted by Crippen LogP contribution is -2.32. The largest absolute Gasteiger partial charge is 0.492 e. The predicted molar refractivity (Wildman–Crippen MR) is 87.3 cm³/mol. The van der Waals surface area contributed by atoms with Crippen molar-refractivity contribution in [3.63, 3.8) is 0 Å². The molecule has 0 saturated carbocycles. The maximum Gasteiger partial charge on any atom is 0.228 e. The first kappa shape index (κ1) is 15.1. The molecule has 1 amide bonds. The summed E-state index contributed by atoms with van der Waals surface area (Å²) in [4.78, 5) is 13.9. The number of nitrogens with zero attached hydrogens (tertiary/aromatic N) is 2.